The first kappa shape index (κ1) is 17.8. The van der Waals surface area contributed by atoms with Gasteiger partial charge in [-0.05, 0) is 30.3 Å². The number of benzene rings is 1. The van der Waals surface area contributed by atoms with Gasteiger partial charge in [0.25, 0.3) is 5.91 Å². The van der Waals surface area contributed by atoms with E-state index in [1.807, 2.05) is 29.2 Å². The van der Waals surface area contributed by atoms with Crippen molar-refractivity contribution in [1.29, 1.82) is 0 Å². The molecule has 0 saturated carbocycles. The van der Waals surface area contributed by atoms with E-state index in [1.165, 1.54) is 12.5 Å². The summed E-state index contributed by atoms with van der Waals surface area (Å²) in [6.45, 7) is 3.27. The molecule has 1 N–H and O–H groups in total. The average molecular weight is 357 g/mol. The Morgan fingerprint density at radius 2 is 1.85 bits per heavy atom. The summed E-state index contributed by atoms with van der Waals surface area (Å²) in [5, 5.41) is 2.73. The van der Waals surface area contributed by atoms with Gasteiger partial charge in [0.05, 0.1) is 18.9 Å². The molecule has 0 aliphatic carbocycles. The monoisotopic (exact) mass is 357 g/mol. The molecule has 7 heteroatoms. The zero-order valence-electron chi connectivity index (χ0n) is 14.8. The normalized spacial score (nSPS) is 14.2. The molecule has 3 rings (SSSR count). The second-order valence-corrected chi connectivity index (χ2v) is 6.08. The van der Waals surface area contributed by atoms with Gasteiger partial charge in [-0.2, -0.15) is 0 Å². The molecule has 1 aromatic carbocycles. The van der Waals surface area contributed by atoms with Crippen LogP contribution in [0.25, 0.3) is 0 Å². The van der Waals surface area contributed by atoms with E-state index in [0.717, 1.165) is 24.5 Å². The van der Waals surface area contributed by atoms with Crippen LogP contribution < -0.4 is 15.0 Å². The van der Waals surface area contributed by atoms with Crippen LogP contribution in [-0.4, -0.2) is 56.5 Å². The first-order valence-corrected chi connectivity index (χ1v) is 8.64. The largest absolute Gasteiger partial charge is 0.497 e. The number of carbonyl (C=O) groups is 2. The smallest absolute Gasteiger partial charge is 0.254 e. The van der Waals surface area contributed by atoms with Crippen LogP contribution in [0.15, 0.2) is 47.3 Å². The third-order valence-electron chi connectivity index (χ3n) is 4.48. The molecule has 7 nitrogen and oxygen atoms in total. The summed E-state index contributed by atoms with van der Waals surface area (Å²) in [7, 11) is 1.65. The average Bonchev–Trinajstić information content (AvgIpc) is 3.23. The lowest BCUT2D eigenvalue weighted by Crippen LogP contribution is -2.49. The molecule has 0 atom stereocenters. The number of hydrogen-bond acceptors (Lipinski definition) is 5. The number of anilines is 1. The number of hydrogen-bond donors (Lipinski definition) is 1. The summed E-state index contributed by atoms with van der Waals surface area (Å²) in [6, 6.07) is 9.53. The number of carbonyl (C=O) groups excluding carboxylic acids is 2. The summed E-state index contributed by atoms with van der Waals surface area (Å²) in [6.07, 6.45) is 3.13. The molecule has 0 spiro atoms. The highest BCUT2D eigenvalue weighted by molar-refractivity contribution is 5.94. The molecule has 0 radical (unpaired) electrons. The van der Waals surface area contributed by atoms with Gasteiger partial charge in [0.1, 0.15) is 12.0 Å². The van der Waals surface area contributed by atoms with E-state index >= 15 is 0 Å². The molecule has 1 fully saturated rings. The zero-order chi connectivity index (χ0) is 18.4. The zero-order valence-corrected chi connectivity index (χ0v) is 14.8. The number of nitrogens with one attached hydrogen (secondary N) is 1. The number of furan rings is 1. The molecule has 138 valence electrons. The Morgan fingerprint density at radius 3 is 2.46 bits per heavy atom. The first-order valence-electron chi connectivity index (χ1n) is 8.64. The molecule has 2 heterocycles. The van der Waals surface area contributed by atoms with Crippen LogP contribution in [0.2, 0.25) is 0 Å². The van der Waals surface area contributed by atoms with Gasteiger partial charge >= 0.3 is 0 Å². The number of methoxy groups -OCH3 is 1. The van der Waals surface area contributed by atoms with Crippen molar-refractivity contribution < 1.29 is 18.7 Å². The Labute approximate surface area is 152 Å². The lowest BCUT2D eigenvalue weighted by molar-refractivity contribution is -0.131. The maximum absolute atomic E-state index is 12.3. The molecule has 1 aromatic heterocycles. The highest BCUT2D eigenvalue weighted by Crippen LogP contribution is 2.20. The minimum Gasteiger partial charge on any atom is -0.497 e. The van der Waals surface area contributed by atoms with Crippen LogP contribution in [0.5, 0.6) is 5.75 Å². The van der Waals surface area contributed by atoms with Gasteiger partial charge < -0.3 is 24.3 Å². The van der Waals surface area contributed by atoms with Crippen LogP contribution in [0.4, 0.5) is 5.69 Å². The highest BCUT2D eigenvalue weighted by atomic mass is 16.5. The van der Waals surface area contributed by atoms with E-state index in [-0.39, 0.29) is 11.8 Å². The number of ether oxygens (including phenoxy) is 1. The van der Waals surface area contributed by atoms with Crippen molar-refractivity contribution in [3.63, 3.8) is 0 Å². The van der Waals surface area contributed by atoms with Gasteiger partial charge in [-0.15, -0.1) is 0 Å². The van der Waals surface area contributed by atoms with Crippen molar-refractivity contribution in [2.45, 2.75) is 6.42 Å². The molecule has 2 amide bonds. The van der Waals surface area contributed by atoms with Gasteiger partial charge in [-0.3, -0.25) is 9.59 Å². The highest BCUT2D eigenvalue weighted by Gasteiger charge is 2.21. The molecular weight excluding hydrogens is 334 g/mol. The van der Waals surface area contributed by atoms with E-state index < -0.39 is 0 Å². The Morgan fingerprint density at radius 1 is 1.12 bits per heavy atom. The van der Waals surface area contributed by atoms with Crippen molar-refractivity contribution in [2.75, 3.05) is 44.7 Å². The topological polar surface area (TPSA) is 75.0 Å². The number of rotatable bonds is 6. The van der Waals surface area contributed by atoms with Crippen molar-refractivity contribution in [3.05, 3.63) is 48.4 Å². The third kappa shape index (κ3) is 4.36. The number of nitrogens with zero attached hydrogens (tertiary/aromatic N) is 2. The fraction of sp³-hybridized carbons (Fsp3) is 0.368. The molecule has 1 saturated heterocycles. The van der Waals surface area contributed by atoms with E-state index in [0.29, 0.717) is 31.6 Å². The van der Waals surface area contributed by atoms with Crippen LogP contribution >= 0.6 is 0 Å². The molecular formula is C19H23N3O4. The fourth-order valence-electron chi connectivity index (χ4n) is 2.94. The standard InChI is InChI=1S/C19H23N3O4/c1-25-17-4-2-16(3-5-17)21-9-11-22(12-10-21)18(23)6-8-20-19(24)15-7-13-26-14-15/h2-5,7,13-14H,6,8-12H2,1H3,(H,20,24). The van der Waals surface area contributed by atoms with Gasteiger partial charge in [-0.1, -0.05) is 0 Å². The quantitative estimate of drug-likeness (QED) is 0.853. The van der Waals surface area contributed by atoms with Crippen molar-refractivity contribution in [3.8, 4) is 5.75 Å². The lowest BCUT2D eigenvalue weighted by atomic mass is 10.2. The molecule has 1 aliphatic heterocycles. The van der Waals surface area contributed by atoms with Crippen LogP contribution in [-0.2, 0) is 4.79 Å². The van der Waals surface area contributed by atoms with Crippen molar-refractivity contribution >= 4 is 17.5 Å². The Bertz CT molecular complexity index is 720. The van der Waals surface area contributed by atoms with E-state index in [4.69, 9.17) is 9.15 Å². The summed E-state index contributed by atoms with van der Waals surface area (Å²) in [4.78, 5) is 28.2. The molecule has 0 unspecified atom stereocenters. The minimum atomic E-state index is -0.226. The van der Waals surface area contributed by atoms with Gasteiger partial charge in [0.2, 0.25) is 5.91 Å². The molecule has 26 heavy (non-hydrogen) atoms. The number of piperazine rings is 1. The Kier molecular flexibility index (Phi) is 5.78. The van der Waals surface area contributed by atoms with Gasteiger partial charge in [0.15, 0.2) is 0 Å². The third-order valence-corrected chi connectivity index (χ3v) is 4.48. The van der Waals surface area contributed by atoms with E-state index in [1.54, 1.807) is 13.2 Å². The van der Waals surface area contributed by atoms with Crippen LogP contribution in [0.1, 0.15) is 16.8 Å². The molecule has 2 aromatic rings. The SMILES string of the molecule is COc1ccc(N2CCN(C(=O)CCNC(=O)c3ccoc3)CC2)cc1. The first-order chi connectivity index (χ1) is 12.7. The Hall–Kier alpha value is -2.96. The maximum atomic E-state index is 12.3. The fourth-order valence-corrected chi connectivity index (χ4v) is 2.94. The minimum absolute atomic E-state index is 0.0619. The summed E-state index contributed by atoms with van der Waals surface area (Å²) >= 11 is 0. The van der Waals surface area contributed by atoms with Crippen molar-refractivity contribution in [2.24, 2.45) is 0 Å². The second kappa shape index (κ2) is 8.42. The Balaban J connectivity index is 1.41. The van der Waals surface area contributed by atoms with Gasteiger partial charge in [0, 0.05) is 44.8 Å². The number of amides is 2. The van der Waals surface area contributed by atoms with Crippen LogP contribution in [0, 0.1) is 0 Å². The maximum Gasteiger partial charge on any atom is 0.254 e. The summed E-state index contributed by atoms with van der Waals surface area (Å²) in [5.41, 5.74) is 1.59. The van der Waals surface area contributed by atoms with E-state index in [2.05, 4.69) is 10.2 Å². The molecule has 1 aliphatic rings. The predicted octanol–water partition coefficient (Wildman–Crippen LogP) is 1.76. The molecule has 0 bridgehead atoms. The summed E-state index contributed by atoms with van der Waals surface area (Å²) in [5.74, 6) is 0.669. The van der Waals surface area contributed by atoms with Gasteiger partial charge in [-0.25, -0.2) is 0 Å². The van der Waals surface area contributed by atoms with E-state index in [9.17, 15) is 9.59 Å². The second-order valence-electron chi connectivity index (χ2n) is 6.08. The van der Waals surface area contributed by atoms with Crippen molar-refractivity contribution in [1.82, 2.24) is 10.2 Å². The lowest BCUT2D eigenvalue weighted by Gasteiger charge is -2.36. The van der Waals surface area contributed by atoms with Crippen LogP contribution in [0.3, 0.4) is 0 Å². The summed E-state index contributed by atoms with van der Waals surface area (Å²) < 4.78 is 10.0. The predicted molar refractivity (Wildman–Crippen MR) is 97.4 cm³/mol.